The Labute approximate surface area is 202 Å². The van der Waals surface area contributed by atoms with Crippen molar-refractivity contribution in [1.82, 2.24) is 20.3 Å². The molecule has 2 atom stereocenters. The van der Waals surface area contributed by atoms with E-state index in [9.17, 15) is 9.18 Å². The molecular formula is C27H26FN5O2. The number of benzene rings is 1. The lowest BCUT2D eigenvalue weighted by atomic mass is 10.0. The third kappa shape index (κ3) is 3.60. The highest BCUT2D eigenvalue weighted by atomic mass is 19.1. The molecule has 0 unspecified atom stereocenters. The number of ether oxygens (including phenoxy) is 1. The molecule has 2 aliphatic rings. The maximum absolute atomic E-state index is 14.6. The van der Waals surface area contributed by atoms with Gasteiger partial charge < -0.3 is 20.4 Å². The monoisotopic (exact) mass is 471 g/mol. The van der Waals surface area contributed by atoms with E-state index in [1.54, 1.807) is 18.3 Å². The molecule has 0 bridgehead atoms. The van der Waals surface area contributed by atoms with Crippen molar-refractivity contribution in [3.8, 4) is 17.1 Å². The van der Waals surface area contributed by atoms with Crippen LogP contribution in [0.25, 0.3) is 22.3 Å². The Kier molecular flexibility index (Phi) is 4.98. The molecule has 0 radical (unpaired) electrons. The zero-order valence-electron chi connectivity index (χ0n) is 19.8. The molecule has 1 aliphatic carbocycles. The topological polar surface area (TPSA) is 91.9 Å². The molecule has 6 rings (SSSR count). The zero-order valence-corrected chi connectivity index (χ0v) is 19.8. The predicted octanol–water partition coefficient (Wildman–Crippen LogP) is 5.46. The molecular weight excluding hydrogens is 445 g/mol. The van der Waals surface area contributed by atoms with Gasteiger partial charge in [-0.3, -0.25) is 9.78 Å². The van der Waals surface area contributed by atoms with E-state index < -0.39 is 0 Å². The molecule has 35 heavy (non-hydrogen) atoms. The molecule has 1 fully saturated rings. The van der Waals surface area contributed by atoms with Crippen LogP contribution in [0.4, 0.5) is 15.8 Å². The third-order valence-electron chi connectivity index (χ3n) is 6.65. The molecule has 1 aromatic carbocycles. The van der Waals surface area contributed by atoms with Crippen molar-refractivity contribution in [2.75, 3.05) is 5.32 Å². The van der Waals surface area contributed by atoms with Gasteiger partial charge in [0.05, 0.1) is 28.6 Å². The number of nitrogens with one attached hydrogen (secondary N) is 3. The van der Waals surface area contributed by atoms with E-state index >= 15 is 0 Å². The van der Waals surface area contributed by atoms with Crippen molar-refractivity contribution in [3.63, 3.8) is 0 Å². The van der Waals surface area contributed by atoms with Crippen LogP contribution in [0.2, 0.25) is 0 Å². The molecule has 4 heterocycles. The van der Waals surface area contributed by atoms with Crippen molar-refractivity contribution < 1.29 is 13.9 Å². The SMILES string of the molecule is CCc1c(F)cccc1Nc1c(-c2ccnc3ccc(OC(C)C)nc23)[nH]c2c1C(=O)N[C@@H]1C[C@H]21. The number of carbonyl (C=O) groups is 1. The average molecular weight is 472 g/mol. The quantitative estimate of drug-likeness (QED) is 0.348. The molecule has 0 spiro atoms. The Bertz CT molecular complexity index is 1480. The largest absolute Gasteiger partial charge is 0.475 e. The summed E-state index contributed by atoms with van der Waals surface area (Å²) in [4.78, 5) is 25.9. The summed E-state index contributed by atoms with van der Waals surface area (Å²) >= 11 is 0. The molecule has 1 amide bonds. The van der Waals surface area contributed by atoms with Gasteiger partial charge in [-0.15, -0.1) is 0 Å². The zero-order chi connectivity index (χ0) is 24.3. The van der Waals surface area contributed by atoms with Crippen LogP contribution in [0.15, 0.2) is 42.6 Å². The van der Waals surface area contributed by atoms with Gasteiger partial charge in [-0.05, 0) is 51.0 Å². The van der Waals surface area contributed by atoms with Gasteiger partial charge in [-0.25, -0.2) is 9.37 Å². The fraction of sp³-hybridized carbons (Fsp3) is 0.296. The summed E-state index contributed by atoms with van der Waals surface area (Å²) in [7, 11) is 0. The number of H-pyrrole nitrogens is 1. The van der Waals surface area contributed by atoms with Crippen LogP contribution in [-0.4, -0.2) is 33.0 Å². The summed E-state index contributed by atoms with van der Waals surface area (Å²) in [5.41, 5.74) is 6.20. The van der Waals surface area contributed by atoms with Gasteiger partial charge in [0.2, 0.25) is 5.88 Å². The van der Waals surface area contributed by atoms with Gasteiger partial charge >= 0.3 is 0 Å². The van der Waals surface area contributed by atoms with Gasteiger partial charge in [0.25, 0.3) is 5.91 Å². The Hall–Kier alpha value is -3.94. The highest BCUT2D eigenvalue weighted by molar-refractivity contribution is 6.09. The molecule has 8 heteroatoms. The van der Waals surface area contributed by atoms with E-state index in [2.05, 4.69) is 20.6 Å². The van der Waals surface area contributed by atoms with Crippen LogP contribution in [0.3, 0.4) is 0 Å². The normalized spacial score (nSPS) is 18.3. The molecule has 4 aromatic rings. The third-order valence-corrected chi connectivity index (χ3v) is 6.65. The molecule has 1 saturated carbocycles. The van der Waals surface area contributed by atoms with E-state index in [4.69, 9.17) is 9.72 Å². The minimum atomic E-state index is -0.276. The van der Waals surface area contributed by atoms with E-state index in [-0.39, 0.29) is 29.8 Å². The van der Waals surface area contributed by atoms with E-state index in [1.165, 1.54) is 6.07 Å². The first-order valence-corrected chi connectivity index (χ1v) is 12.0. The van der Waals surface area contributed by atoms with Gasteiger partial charge in [-0.1, -0.05) is 13.0 Å². The van der Waals surface area contributed by atoms with Crippen molar-refractivity contribution in [1.29, 1.82) is 0 Å². The maximum Gasteiger partial charge on any atom is 0.255 e. The first kappa shape index (κ1) is 21.6. The minimum absolute atomic E-state index is 0.0222. The first-order chi connectivity index (χ1) is 16.9. The smallest absolute Gasteiger partial charge is 0.255 e. The molecule has 1 aliphatic heterocycles. The fourth-order valence-electron chi connectivity index (χ4n) is 4.96. The number of fused-ring (bicyclic) bond motifs is 4. The van der Waals surface area contributed by atoms with Gasteiger partial charge in [0.1, 0.15) is 11.3 Å². The van der Waals surface area contributed by atoms with Crippen molar-refractivity contribution in [2.24, 2.45) is 0 Å². The van der Waals surface area contributed by atoms with Crippen LogP contribution in [0, 0.1) is 5.82 Å². The highest BCUT2D eigenvalue weighted by Crippen LogP contribution is 2.50. The highest BCUT2D eigenvalue weighted by Gasteiger charge is 2.48. The summed E-state index contributed by atoms with van der Waals surface area (Å²) in [6.45, 7) is 5.81. The van der Waals surface area contributed by atoms with Crippen molar-refractivity contribution in [2.45, 2.75) is 51.7 Å². The molecule has 0 saturated heterocycles. The number of aromatic amines is 1. The van der Waals surface area contributed by atoms with E-state index in [0.29, 0.717) is 45.8 Å². The summed E-state index contributed by atoms with van der Waals surface area (Å²) in [6, 6.07) is 10.7. The van der Waals surface area contributed by atoms with Crippen LogP contribution in [0.5, 0.6) is 5.88 Å². The number of carbonyl (C=O) groups excluding carboxylic acids is 1. The van der Waals surface area contributed by atoms with Crippen molar-refractivity contribution >= 4 is 28.3 Å². The Morgan fingerprint density at radius 3 is 2.89 bits per heavy atom. The second-order valence-electron chi connectivity index (χ2n) is 9.37. The number of hydrogen-bond acceptors (Lipinski definition) is 5. The second-order valence-corrected chi connectivity index (χ2v) is 9.37. The Morgan fingerprint density at radius 2 is 2.09 bits per heavy atom. The minimum Gasteiger partial charge on any atom is -0.475 e. The number of amides is 1. The van der Waals surface area contributed by atoms with Crippen LogP contribution in [0.1, 0.15) is 54.7 Å². The number of nitrogens with zero attached hydrogens (tertiary/aromatic N) is 2. The second kappa shape index (κ2) is 8.08. The van der Waals surface area contributed by atoms with Crippen molar-refractivity contribution in [3.05, 3.63) is 65.2 Å². The number of rotatable bonds is 6. The summed E-state index contributed by atoms with van der Waals surface area (Å²) in [5, 5.41) is 6.50. The first-order valence-electron chi connectivity index (χ1n) is 12.0. The Balaban J connectivity index is 1.57. The standard InChI is InChI=1S/C27H26FN5O2/c1-4-14-17(28)6-5-7-18(14)30-26-22-24(16-12-20(16)31-27(22)34)33-25(26)15-10-11-29-19-8-9-21(32-23(15)19)35-13(2)3/h5-11,13,16,20,30,33H,4,12H2,1-3H3,(H,31,34)/t16-,20+/m0/s1. The molecule has 178 valence electrons. The summed E-state index contributed by atoms with van der Waals surface area (Å²) in [6.07, 6.45) is 3.13. The lowest BCUT2D eigenvalue weighted by Crippen LogP contribution is -2.31. The van der Waals surface area contributed by atoms with Gasteiger partial charge in [-0.2, -0.15) is 0 Å². The lowest BCUT2D eigenvalue weighted by molar-refractivity contribution is 0.0944. The summed E-state index contributed by atoms with van der Waals surface area (Å²) < 4.78 is 20.4. The number of pyridine rings is 2. The van der Waals surface area contributed by atoms with E-state index in [1.807, 2.05) is 39.0 Å². The predicted molar refractivity (Wildman–Crippen MR) is 133 cm³/mol. The summed E-state index contributed by atoms with van der Waals surface area (Å²) in [5.74, 6) is 0.344. The Morgan fingerprint density at radius 1 is 1.23 bits per heavy atom. The molecule has 3 N–H and O–H groups in total. The average Bonchev–Trinajstić information content (AvgIpc) is 3.50. The lowest BCUT2D eigenvalue weighted by Gasteiger charge is -2.17. The number of anilines is 2. The molecule has 3 aromatic heterocycles. The van der Waals surface area contributed by atoms with Crippen LogP contribution < -0.4 is 15.4 Å². The van der Waals surface area contributed by atoms with Gasteiger partial charge in [0.15, 0.2) is 0 Å². The van der Waals surface area contributed by atoms with Gasteiger partial charge in [0, 0.05) is 46.7 Å². The van der Waals surface area contributed by atoms with Crippen LogP contribution >= 0.6 is 0 Å². The number of halogens is 1. The fourth-order valence-corrected chi connectivity index (χ4v) is 4.96. The van der Waals surface area contributed by atoms with Crippen LogP contribution in [-0.2, 0) is 6.42 Å². The maximum atomic E-state index is 14.6. The molecule has 7 nitrogen and oxygen atoms in total. The number of hydrogen-bond donors (Lipinski definition) is 3. The number of aromatic nitrogens is 3. The van der Waals surface area contributed by atoms with E-state index in [0.717, 1.165) is 23.4 Å².